The fourth-order valence-electron chi connectivity index (χ4n) is 2.98. The molecule has 1 unspecified atom stereocenters. The van der Waals surface area contributed by atoms with Crippen LogP contribution in [0.3, 0.4) is 0 Å². The lowest BCUT2D eigenvalue weighted by atomic mass is 9.93. The second kappa shape index (κ2) is 7.69. The number of fused-ring (bicyclic) bond motifs is 1. The number of ether oxygens (including phenoxy) is 1. The van der Waals surface area contributed by atoms with Gasteiger partial charge in [-0.25, -0.2) is 9.98 Å². The quantitative estimate of drug-likeness (QED) is 0.305. The number of nitrogens with one attached hydrogen (secondary N) is 2. The van der Waals surface area contributed by atoms with Crippen LogP contribution in [0.2, 0.25) is 0 Å². The van der Waals surface area contributed by atoms with Crippen LogP contribution in [-0.2, 0) is 6.18 Å². The third-order valence-corrected chi connectivity index (χ3v) is 4.21. The monoisotopic (exact) mass is 456 g/mol. The van der Waals surface area contributed by atoms with Crippen molar-refractivity contribution in [2.45, 2.75) is 18.6 Å². The van der Waals surface area contributed by atoms with Gasteiger partial charge in [-0.3, -0.25) is 5.32 Å². The van der Waals surface area contributed by atoms with Gasteiger partial charge in [0.2, 0.25) is 5.96 Å². The normalized spacial score (nSPS) is 15.5. The SMILES string of the molecule is N#CNC1=NC(c2ccc(OC(F)(F)F)c(C(F)(F)F)c2)c2c(nc(N)c(C#N)c2N)N1. The van der Waals surface area contributed by atoms with Gasteiger partial charge in [-0.15, -0.1) is 13.2 Å². The number of alkyl halides is 6. The summed E-state index contributed by atoms with van der Waals surface area (Å²) < 4.78 is 81.5. The molecule has 3 rings (SSSR count). The van der Waals surface area contributed by atoms with E-state index in [4.69, 9.17) is 16.7 Å². The van der Waals surface area contributed by atoms with Gasteiger partial charge in [-0.1, -0.05) is 6.07 Å². The van der Waals surface area contributed by atoms with E-state index in [2.05, 4.69) is 25.3 Å². The number of nitrogens with two attached hydrogens (primary N) is 2. The molecule has 0 saturated heterocycles. The highest BCUT2D eigenvalue weighted by molar-refractivity contribution is 5.98. The van der Waals surface area contributed by atoms with Crippen LogP contribution in [-0.4, -0.2) is 17.3 Å². The first-order valence-electron chi connectivity index (χ1n) is 8.31. The first kappa shape index (κ1) is 22.3. The second-order valence-corrected chi connectivity index (χ2v) is 6.20. The van der Waals surface area contributed by atoms with E-state index in [1.54, 1.807) is 12.3 Å². The van der Waals surface area contributed by atoms with E-state index in [-0.39, 0.29) is 40.0 Å². The minimum atomic E-state index is -5.36. The molecule has 0 amide bonds. The van der Waals surface area contributed by atoms with Crippen LogP contribution in [0.25, 0.3) is 0 Å². The molecule has 2 heterocycles. The minimum Gasteiger partial charge on any atom is -0.405 e. The molecule has 0 saturated carbocycles. The molecular formula is C17H10F6N8O. The van der Waals surface area contributed by atoms with Crippen LogP contribution >= 0.6 is 0 Å². The Morgan fingerprint density at radius 2 is 1.81 bits per heavy atom. The maximum absolute atomic E-state index is 13.5. The number of nitrogen functional groups attached to an aromatic ring is 2. The predicted octanol–water partition coefficient (Wildman–Crippen LogP) is 2.98. The molecule has 0 aliphatic carbocycles. The van der Waals surface area contributed by atoms with Crippen LogP contribution < -0.4 is 26.8 Å². The number of nitriles is 2. The Morgan fingerprint density at radius 3 is 2.38 bits per heavy atom. The molecule has 1 aromatic heterocycles. The number of nitrogens with zero attached hydrogens (tertiary/aromatic N) is 4. The van der Waals surface area contributed by atoms with E-state index < -0.39 is 29.9 Å². The van der Waals surface area contributed by atoms with Crippen molar-refractivity contribution in [1.29, 1.82) is 10.5 Å². The van der Waals surface area contributed by atoms with Gasteiger partial charge in [0.1, 0.15) is 35.1 Å². The zero-order valence-electron chi connectivity index (χ0n) is 15.4. The lowest BCUT2D eigenvalue weighted by Crippen LogP contribution is -2.32. The molecule has 6 N–H and O–H groups in total. The predicted molar refractivity (Wildman–Crippen MR) is 97.6 cm³/mol. The molecule has 0 bridgehead atoms. The molecule has 0 spiro atoms. The summed E-state index contributed by atoms with van der Waals surface area (Å²) in [5.74, 6) is -2.12. The number of pyridine rings is 1. The van der Waals surface area contributed by atoms with Crippen molar-refractivity contribution in [2.75, 3.05) is 16.8 Å². The Kier molecular flexibility index (Phi) is 5.36. The third-order valence-electron chi connectivity index (χ3n) is 4.21. The number of benzene rings is 1. The Hall–Kier alpha value is -4.40. The van der Waals surface area contributed by atoms with Crippen molar-refractivity contribution < 1.29 is 31.1 Å². The van der Waals surface area contributed by atoms with Crippen molar-refractivity contribution >= 4 is 23.3 Å². The molecule has 0 radical (unpaired) electrons. The number of aromatic nitrogens is 1. The fourth-order valence-corrected chi connectivity index (χ4v) is 2.98. The summed E-state index contributed by atoms with van der Waals surface area (Å²) in [6, 6.07) is 2.11. The summed E-state index contributed by atoms with van der Waals surface area (Å²) in [7, 11) is 0. The van der Waals surface area contributed by atoms with Crippen molar-refractivity contribution in [2.24, 2.45) is 4.99 Å². The van der Waals surface area contributed by atoms with Gasteiger partial charge in [0.25, 0.3) is 0 Å². The van der Waals surface area contributed by atoms with Crippen molar-refractivity contribution in [1.82, 2.24) is 10.3 Å². The Balaban J connectivity index is 2.25. The molecule has 1 atom stereocenters. The first-order valence-corrected chi connectivity index (χ1v) is 8.31. The van der Waals surface area contributed by atoms with Crippen LogP contribution in [0, 0.1) is 22.8 Å². The highest BCUT2D eigenvalue weighted by atomic mass is 19.4. The first-order chi connectivity index (χ1) is 14.9. The molecule has 2 aromatic rings. The summed E-state index contributed by atoms with van der Waals surface area (Å²) in [5, 5.41) is 22.8. The van der Waals surface area contributed by atoms with E-state index >= 15 is 0 Å². The maximum atomic E-state index is 13.5. The fraction of sp³-hybridized carbons (Fsp3) is 0.176. The van der Waals surface area contributed by atoms with Crippen LogP contribution in [0.5, 0.6) is 5.75 Å². The van der Waals surface area contributed by atoms with Crippen molar-refractivity contribution in [3.63, 3.8) is 0 Å². The summed E-state index contributed by atoms with van der Waals surface area (Å²) >= 11 is 0. The zero-order valence-corrected chi connectivity index (χ0v) is 15.4. The lowest BCUT2D eigenvalue weighted by Gasteiger charge is -2.27. The molecule has 166 valence electrons. The lowest BCUT2D eigenvalue weighted by molar-refractivity contribution is -0.276. The molecule has 9 nitrogen and oxygen atoms in total. The Morgan fingerprint density at radius 1 is 1.12 bits per heavy atom. The smallest absolute Gasteiger partial charge is 0.405 e. The number of anilines is 3. The van der Waals surface area contributed by atoms with Crippen molar-refractivity contribution in [3.8, 4) is 18.0 Å². The number of rotatable bonds is 2. The van der Waals surface area contributed by atoms with Crippen LogP contribution in [0.1, 0.15) is 28.3 Å². The molecule has 32 heavy (non-hydrogen) atoms. The second-order valence-electron chi connectivity index (χ2n) is 6.20. The molecule has 0 fully saturated rings. The topological polar surface area (TPSA) is 158 Å². The van der Waals surface area contributed by atoms with Gasteiger partial charge in [-0.2, -0.15) is 23.7 Å². The van der Waals surface area contributed by atoms with Gasteiger partial charge >= 0.3 is 12.5 Å². The van der Waals surface area contributed by atoms with Gasteiger partial charge in [0.15, 0.2) is 6.19 Å². The highest BCUT2D eigenvalue weighted by Gasteiger charge is 2.40. The average molecular weight is 456 g/mol. The molecule has 15 heteroatoms. The van der Waals surface area contributed by atoms with Gasteiger partial charge < -0.3 is 21.5 Å². The van der Waals surface area contributed by atoms with Crippen molar-refractivity contribution in [3.05, 3.63) is 40.5 Å². The number of hydrogen-bond acceptors (Lipinski definition) is 9. The Labute approximate surface area is 174 Å². The number of aliphatic imine (C=N–C) groups is 1. The summed E-state index contributed by atoms with van der Waals surface area (Å²) in [4.78, 5) is 7.98. The van der Waals surface area contributed by atoms with E-state index in [1.807, 2.05) is 0 Å². The standard InChI is InChI=1S/C17H10F6N8O/c18-16(19,20)8-3-6(1-2-9(8)32-17(21,22)23)12-10-11(26)7(4-24)13(27)30-14(10)31-15(29-12)28-5-25/h1-3,12H,(H6,26,27,28,29,30,31). The van der Waals surface area contributed by atoms with Crippen LogP contribution in [0.4, 0.5) is 43.7 Å². The molecule has 1 aliphatic rings. The zero-order chi connectivity index (χ0) is 23.8. The Bertz CT molecular complexity index is 1190. The number of hydrogen-bond donors (Lipinski definition) is 4. The van der Waals surface area contributed by atoms with E-state index in [0.717, 1.165) is 6.07 Å². The van der Waals surface area contributed by atoms with E-state index in [9.17, 15) is 31.6 Å². The van der Waals surface area contributed by atoms with E-state index in [1.165, 1.54) is 0 Å². The maximum Gasteiger partial charge on any atom is 0.573 e. The molecule has 1 aromatic carbocycles. The van der Waals surface area contributed by atoms with Gasteiger partial charge in [0.05, 0.1) is 11.3 Å². The summed E-state index contributed by atoms with van der Waals surface area (Å²) in [6.07, 6.45) is -9.03. The highest BCUT2D eigenvalue weighted by Crippen LogP contribution is 2.44. The van der Waals surface area contributed by atoms with Gasteiger partial charge in [0, 0.05) is 5.56 Å². The number of halogens is 6. The number of guanidine groups is 1. The minimum absolute atomic E-state index is 0.0585. The molecular weight excluding hydrogens is 446 g/mol. The van der Waals surface area contributed by atoms with Gasteiger partial charge in [-0.05, 0) is 17.7 Å². The largest absolute Gasteiger partial charge is 0.573 e. The third kappa shape index (κ3) is 4.22. The molecule has 1 aliphatic heterocycles. The van der Waals surface area contributed by atoms with E-state index in [0.29, 0.717) is 12.1 Å². The average Bonchev–Trinajstić information content (AvgIpc) is 2.66. The van der Waals surface area contributed by atoms with Crippen LogP contribution in [0.15, 0.2) is 23.2 Å². The summed E-state index contributed by atoms with van der Waals surface area (Å²) in [6.45, 7) is 0. The summed E-state index contributed by atoms with van der Waals surface area (Å²) in [5.41, 5.74) is 9.06.